The van der Waals surface area contributed by atoms with Crippen molar-refractivity contribution in [3.05, 3.63) is 47.0 Å². The summed E-state index contributed by atoms with van der Waals surface area (Å²) in [6.07, 6.45) is 0.772. The largest absolute Gasteiger partial charge is 0.504 e. The van der Waals surface area contributed by atoms with Gasteiger partial charge in [-0.1, -0.05) is 32.9 Å². The van der Waals surface area contributed by atoms with Crippen LogP contribution in [0.3, 0.4) is 0 Å². The van der Waals surface area contributed by atoms with E-state index in [1.165, 1.54) is 5.56 Å². The Morgan fingerprint density at radius 2 is 1.46 bits per heavy atom. The summed E-state index contributed by atoms with van der Waals surface area (Å²) in [6.45, 7) is 14.4. The molecule has 152 valence electrons. The fourth-order valence-electron chi connectivity index (χ4n) is 4.56. The summed E-state index contributed by atoms with van der Waals surface area (Å²) in [5, 5.41) is 20.8. The highest BCUT2D eigenvalue weighted by Crippen LogP contribution is 2.58. The zero-order valence-corrected chi connectivity index (χ0v) is 18.0. The molecule has 2 N–H and O–H groups in total. The molecule has 0 amide bonds. The fraction of sp³-hybridized carbons (Fsp3) is 0.500. The van der Waals surface area contributed by atoms with Gasteiger partial charge in [0.1, 0.15) is 0 Å². The number of hydrogen-bond donors (Lipinski definition) is 2. The lowest BCUT2D eigenvalue weighted by Gasteiger charge is -2.30. The summed E-state index contributed by atoms with van der Waals surface area (Å²) in [5.74, 6) is 1.33. The molecule has 28 heavy (non-hydrogen) atoms. The fourth-order valence-corrected chi connectivity index (χ4v) is 4.56. The zero-order valence-electron chi connectivity index (χ0n) is 18.0. The standard InChI is InChI=1S/C24H32O4/c1-14(2)27-20-12-16(8-10-18(20)25)24(7)13-23(5,6)17-9-11-19(26)22(21(17)24)28-15(3)4/h8-12,14-15,25-26H,13H2,1-7H3. The molecule has 1 atom stereocenters. The van der Waals surface area contributed by atoms with Gasteiger partial charge in [0.2, 0.25) is 0 Å². The van der Waals surface area contributed by atoms with E-state index in [1.807, 2.05) is 45.9 Å². The molecular weight excluding hydrogens is 352 g/mol. The van der Waals surface area contributed by atoms with Crippen molar-refractivity contribution in [2.75, 3.05) is 0 Å². The number of phenols is 2. The van der Waals surface area contributed by atoms with Crippen LogP contribution in [0.1, 0.15) is 71.6 Å². The predicted molar refractivity (Wildman–Crippen MR) is 112 cm³/mol. The lowest BCUT2D eigenvalue weighted by molar-refractivity contribution is 0.226. The summed E-state index contributed by atoms with van der Waals surface area (Å²) >= 11 is 0. The number of ether oxygens (including phenoxy) is 2. The molecule has 1 aliphatic carbocycles. The van der Waals surface area contributed by atoms with Gasteiger partial charge in [-0.2, -0.15) is 0 Å². The van der Waals surface area contributed by atoms with Crippen molar-refractivity contribution in [1.29, 1.82) is 0 Å². The smallest absolute Gasteiger partial charge is 0.165 e. The van der Waals surface area contributed by atoms with Crippen molar-refractivity contribution < 1.29 is 19.7 Å². The van der Waals surface area contributed by atoms with Crippen LogP contribution in [0.4, 0.5) is 0 Å². The lowest BCUT2D eigenvalue weighted by atomic mass is 9.74. The molecule has 4 heteroatoms. The van der Waals surface area contributed by atoms with Crippen molar-refractivity contribution in [2.45, 2.75) is 77.9 Å². The molecule has 0 saturated heterocycles. The number of phenolic OH excluding ortho intramolecular Hbond substituents is 2. The molecule has 2 aromatic rings. The van der Waals surface area contributed by atoms with E-state index < -0.39 is 0 Å². The van der Waals surface area contributed by atoms with Gasteiger partial charge in [-0.25, -0.2) is 0 Å². The third-order valence-electron chi connectivity index (χ3n) is 5.53. The minimum absolute atomic E-state index is 0.0369. The van der Waals surface area contributed by atoms with E-state index in [0.29, 0.717) is 11.5 Å². The van der Waals surface area contributed by atoms with Crippen molar-refractivity contribution in [1.82, 2.24) is 0 Å². The molecule has 0 bridgehead atoms. The number of fused-ring (bicyclic) bond motifs is 1. The topological polar surface area (TPSA) is 58.9 Å². The maximum atomic E-state index is 10.6. The van der Waals surface area contributed by atoms with Crippen LogP contribution in [0.5, 0.6) is 23.0 Å². The molecule has 4 nitrogen and oxygen atoms in total. The molecule has 1 aliphatic rings. The van der Waals surface area contributed by atoms with Crippen molar-refractivity contribution in [3.8, 4) is 23.0 Å². The molecular formula is C24H32O4. The second-order valence-corrected chi connectivity index (χ2v) is 9.24. The van der Waals surface area contributed by atoms with E-state index in [1.54, 1.807) is 12.1 Å². The van der Waals surface area contributed by atoms with Crippen LogP contribution in [-0.4, -0.2) is 22.4 Å². The van der Waals surface area contributed by atoms with E-state index in [2.05, 4.69) is 20.8 Å². The molecule has 0 aliphatic heterocycles. The average Bonchev–Trinajstić information content (AvgIpc) is 2.78. The van der Waals surface area contributed by atoms with Crippen LogP contribution in [0, 0.1) is 0 Å². The van der Waals surface area contributed by atoms with Crippen molar-refractivity contribution in [2.24, 2.45) is 0 Å². The van der Waals surface area contributed by atoms with Crippen LogP contribution >= 0.6 is 0 Å². The van der Waals surface area contributed by atoms with Gasteiger partial charge in [0.25, 0.3) is 0 Å². The van der Waals surface area contributed by atoms with Gasteiger partial charge >= 0.3 is 0 Å². The first kappa shape index (κ1) is 20.4. The first-order valence-electron chi connectivity index (χ1n) is 9.99. The number of rotatable bonds is 5. The summed E-state index contributed by atoms with van der Waals surface area (Å²) in [7, 11) is 0. The zero-order chi connectivity index (χ0) is 20.9. The van der Waals surface area contributed by atoms with Crippen molar-refractivity contribution >= 4 is 0 Å². The Kier molecular flexibility index (Phi) is 5.03. The van der Waals surface area contributed by atoms with E-state index in [-0.39, 0.29) is 34.5 Å². The summed E-state index contributed by atoms with van der Waals surface area (Å²) < 4.78 is 11.9. The van der Waals surface area contributed by atoms with Gasteiger partial charge in [-0.05, 0) is 68.9 Å². The molecule has 0 aromatic heterocycles. The van der Waals surface area contributed by atoms with Gasteiger partial charge < -0.3 is 19.7 Å². The first-order chi connectivity index (χ1) is 13.0. The van der Waals surface area contributed by atoms with Gasteiger partial charge in [-0.15, -0.1) is 0 Å². The SMILES string of the molecule is CC(C)Oc1cc(C2(C)CC(C)(C)c3ccc(O)c(OC(C)C)c32)ccc1O. The Morgan fingerprint density at radius 3 is 2.07 bits per heavy atom. The third kappa shape index (κ3) is 3.41. The average molecular weight is 385 g/mol. The Hall–Kier alpha value is -2.36. The summed E-state index contributed by atoms with van der Waals surface area (Å²) in [4.78, 5) is 0. The van der Waals surface area contributed by atoms with Gasteiger partial charge in [0.05, 0.1) is 12.2 Å². The molecule has 2 aromatic carbocycles. The second-order valence-electron chi connectivity index (χ2n) is 9.24. The van der Waals surface area contributed by atoms with E-state index in [0.717, 1.165) is 17.5 Å². The highest BCUT2D eigenvalue weighted by Gasteiger charge is 2.48. The van der Waals surface area contributed by atoms with Gasteiger partial charge in [0, 0.05) is 11.0 Å². The monoisotopic (exact) mass is 384 g/mol. The minimum Gasteiger partial charge on any atom is -0.504 e. The first-order valence-corrected chi connectivity index (χ1v) is 9.99. The summed E-state index contributed by atoms with van der Waals surface area (Å²) in [6, 6.07) is 9.29. The Bertz CT molecular complexity index is 882. The van der Waals surface area contributed by atoms with Crippen molar-refractivity contribution in [3.63, 3.8) is 0 Å². The number of aromatic hydroxyl groups is 2. The third-order valence-corrected chi connectivity index (χ3v) is 5.53. The highest BCUT2D eigenvalue weighted by atomic mass is 16.5. The normalized spacial score (nSPS) is 20.5. The molecule has 0 saturated carbocycles. The van der Waals surface area contributed by atoms with E-state index in [9.17, 15) is 10.2 Å². The quantitative estimate of drug-likeness (QED) is 0.698. The Morgan fingerprint density at radius 1 is 0.857 bits per heavy atom. The molecule has 0 fully saturated rings. The van der Waals surface area contributed by atoms with Crippen LogP contribution in [0.2, 0.25) is 0 Å². The maximum absolute atomic E-state index is 10.6. The Labute approximate surface area is 168 Å². The van der Waals surface area contributed by atoms with Crippen LogP contribution in [0.15, 0.2) is 30.3 Å². The van der Waals surface area contributed by atoms with Gasteiger partial charge in [-0.3, -0.25) is 0 Å². The van der Waals surface area contributed by atoms with E-state index in [4.69, 9.17) is 9.47 Å². The summed E-state index contributed by atoms with van der Waals surface area (Å²) in [5.41, 5.74) is 2.77. The lowest BCUT2D eigenvalue weighted by Crippen LogP contribution is -2.24. The molecule has 1 unspecified atom stereocenters. The van der Waals surface area contributed by atoms with Gasteiger partial charge in [0.15, 0.2) is 23.0 Å². The highest BCUT2D eigenvalue weighted by molar-refractivity contribution is 5.63. The molecule has 3 rings (SSSR count). The van der Waals surface area contributed by atoms with Crippen LogP contribution in [-0.2, 0) is 10.8 Å². The molecule has 0 radical (unpaired) electrons. The van der Waals surface area contributed by atoms with E-state index >= 15 is 0 Å². The number of hydrogen-bond acceptors (Lipinski definition) is 4. The molecule has 0 heterocycles. The minimum atomic E-state index is -0.384. The second kappa shape index (κ2) is 6.91. The number of benzene rings is 2. The van der Waals surface area contributed by atoms with Crippen LogP contribution < -0.4 is 9.47 Å². The molecule has 0 spiro atoms. The predicted octanol–water partition coefficient (Wildman–Crippen LogP) is 5.66. The maximum Gasteiger partial charge on any atom is 0.165 e. The Balaban J connectivity index is 2.23. The van der Waals surface area contributed by atoms with Crippen LogP contribution in [0.25, 0.3) is 0 Å².